The molecule has 1 N–H and O–H groups in total. The number of nitrogens with zero attached hydrogens (tertiary/aromatic N) is 4. The third-order valence-corrected chi connectivity index (χ3v) is 5.92. The fourth-order valence-electron chi connectivity index (χ4n) is 4.12. The van der Waals surface area contributed by atoms with Gasteiger partial charge in [-0.1, -0.05) is 0 Å². The summed E-state index contributed by atoms with van der Waals surface area (Å²) >= 11 is 0. The molecule has 0 aliphatic carbocycles. The number of benzene rings is 1. The number of carbonyl (C=O) groups excluding carboxylic acids is 1. The van der Waals surface area contributed by atoms with Gasteiger partial charge in [-0.15, -0.1) is 24.0 Å². The van der Waals surface area contributed by atoms with Crippen LogP contribution in [0.4, 0.5) is 8.78 Å². The molecular formula is C22H34F2IN5O. The molecule has 174 valence electrons. The Morgan fingerprint density at radius 2 is 1.77 bits per heavy atom. The van der Waals surface area contributed by atoms with Crippen LogP contribution in [0.15, 0.2) is 23.2 Å². The number of nitrogens with one attached hydrogen (secondary N) is 1. The molecule has 2 saturated heterocycles. The van der Waals surface area contributed by atoms with Gasteiger partial charge in [0.1, 0.15) is 11.6 Å². The van der Waals surface area contributed by atoms with E-state index in [9.17, 15) is 13.6 Å². The Bertz CT molecular complexity index is 749. The van der Waals surface area contributed by atoms with E-state index in [1.807, 2.05) is 18.7 Å². The standard InChI is InChI=1S/C22H33F2N5O.HI/c1-3-25-22(26-9-8-18-16-19(23)6-7-20(18)24)29-14-12-27(13-15-29)17(2)21(30)28-10-4-5-11-28;/h6-7,16-17H,3-5,8-15H2,1-2H3,(H,25,26);1H. The fraction of sp³-hybridized carbons (Fsp3) is 0.636. The zero-order valence-electron chi connectivity index (χ0n) is 18.4. The highest BCUT2D eigenvalue weighted by atomic mass is 127. The van der Waals surface area contributed by atoms with Gasteiger partial charge in [0.15, 0.2) is 5.96 Å². The molecule has 1 amide bonds. The molecule has 2 fully saturated rings. The van der Waals surface area contributed by atoms with Crippen molar-refractivity contribution in [2.75, 3.05) is 52.4 Å². The van der Waals surface area contributed by atoms with Crippen LogP contribution in [0.5, 0.6) is 0 Å². The van der Waals surface area contributed by atoms with Crippen molar-refractivity contribution in [1.82, 2.24) is 20.0 Å². The summed E-state index contributed by atoms with van der Waals surface area (Å²) < 4.78 is 27.2. The summed E-state index contributed by atoms with van der Waals surface area (Å²) in [5, 5.41) is 3.29. The number of aliphatic imine (C=N–C) groups is 1. The van der Waals surface area contributed by atoms with Crippen molar-refractivity contribution in [3.63, 3.8) is 0 Å². The predicted molar refractivity (Wildman–Crippen MR) is 130 cm³/mol. The first kappa shape index (κ1) is 25.8. The minimum absolute atomic E-state index is 0. The van der Waals surface area contributed by atoms with Crippen molar-refractivity contribution in [2.24, 2.45) is 4.99 Å². The van der Waals surface area contributed by atoms with Crippen LogP contribution in [0, 0.1) is 11.6 Å². The molecule has 1 atom stereocenters. The van der Waals surface area contributed by atoms with Crippen LogP contribution in [0.25, 0.3) is 0 Å². The first-order chi connectivity index (χ1) is 14.5. The first-order valence-electron chi connectivity index (χ1n) is 11.0. The Morgan fingerprint density at radius 3 is 2.42 bits per heavy atom. The molecule has 3 rings (SSSR count). The Kier molecular flexibility index (Phi) is 10.4. The highest BCUT2D eigenvalue weighted by molar-refractivity contribution is 14.0. The Morgan fingerprint density at radius 1 is 1.10 bits per heavy atom. The normalized spacial score (nSPS) is 18.6. The van der Waals surface area contributed by atoms with Gasteiger partial charge in [-0.05, 0) is 56.9 Å². The molecule has 31 heavy (non-hydrogen) atoms. The molecule has 9 heteroatoms. The largest absolute Gasteiger partial charge is 0.357 e. The maximum absolute atomic E-state index is 13.8. The van der Waals surface area contributed by atoms with E-state index in [2.05, 4.69) is 20.1 Å². The molecule has 0 aromatic heterocycles. The molecule has 1 aromatic carbocycles. The van der Waals surface area contributed by atoms with E-state index in [1.54, 1.807) is 0 Å². The average molecular weight is 549 g/mol. The van der Waals surface area contributed by atoms with Gasteiger partial charge in [0.25, 0.3) is 0 Å². The average Bonchev–Trinajstić information content (AvgIpc) is 3.29. The lowest BCUT2D eigenvalue weighted by atomic mass is 10.1. The van der Waals surface area contributed by atoms with Crippen molar-refractivity contribution >= 4 is 35.8 Å². The van der Waals surface area contributed by atoms with Gasteiger partial charge < -0.3 is 15.1 Å². The monoisotopic (exact) mass is 549 g/mol. The number of piperazine rings is 1. The molecular weight excluding hydrogens is 515 g/mol. The van der Waals surface area contributed by atoms with Gasteiger partial charge in [0.2, 0.25) is 5.91 Å². The predicted octanol–water partition coefficient (Wildman–Crippen LogP) is 2.72. The third kappa shape index (κ3) is 7.00. The fourth-order valence-corrected chi connectivity index (χ4v) is 4.12. The molecule has 1 aromatic rings. The van der Waals surface area contributed by atoms with Crippen molar-refractivity contribution in [2.45, 2.75) is 39.2 Å². The molecule has 0 radical (unpaired) electrons. The second-order valence-corrected chi connectivity index (χ2v) is 7.95. The highest BCUT2D eigenvalue weighted by Crippen LogP contribution is 2.14. The summed E-state index contributed by atoms with van der Waals surface area (Å²) in [5.41, 5.74) is 0.341. The second kappa shape index (κ2) is 12.5. The van der Waals surface area contributed by atoms with Crippen molar-refractivity contribution < 1.29 is 13.6 Å². The van der Waals surface area contributed by atoms with Crippen molar-refractivity contribution in [3.8, 4) is 0 Å². The summed E-state index contributed by atoms with van der Waals surface area (Å²) in [6.45, 7) is 10.0. The van der Waals surface area contributed by atoms with Crippen LogP contribution in [0.2, 0.25) is 0 Å². The van der Waals surface area contributed by atoms with Crippen LogP contribution >= 0.6 is 24.0 Å². The van der Waals surface area contributed by atoms with Gasteiger partial charge in [0, 0.05) is 52.4 Å². The summed E-state index contributed by atoms with van der Waals surface area (Å²) in [6, 6.07) is 3.42. The van der Waals surface area contributed by atoms with Crippen LogP contribution in [0.1, 0.15) is 32.3 Å². The van der Waals surface area contributed by atoms with Crippen LogP contribution < -0.4 is 5.32 Å². The van der Waals surface area contributed by atoms with E-state index in [0.29, 0.717) is 18.5 Å². The maximum atomic E-state index is 13.8. The molecule has 2 aliphatic heterocycles. The highest BCUT2D eigenvalue weighted by Gasteiger charge is 2.30. The smallest absolute Gasteiger partial charge is 0.239 e. The Balaban J connectivity index is 0.00000341. The second-order valence-electron chi connectivity index (χ2n) is 7.95. The van der Waals surface area contributed by atoms with E-state index in [1.165, 1.54) is 6.07 Å². The lowest BCUT2D eigenvalue weighted by molar-refractivity contribution is -0.135. The zero-order valence-corrected chi connectivity index (χ0v) is 20.8. The number of carbonyl (C=O) groups is 1. The lowest BCUT2D eigenvalue weighted by Gasteiger charge is -2.39. The number of hydrogen-bond acceptors (Lipinski definition) is 3. The lowest BCUT2D eigenvalue weighted by Crippen LogP contribution is -2.57. The first-order valence-corrected chi connectivity index (χ1v) is 11.0. The van der Waals surface area contributed by atoms with Crippen LogP contribution in [0.3, 0.4) is 0 Å². The molecule has 2 aliphatic rings. The van der Waals surface area contributed by atoms with Gasteiger partial charge in [-0.3, -0.25) is 14.7 Å². The molecule has 0 saturated carbocycles. The van der Waals surface area contributed by atoms with Crippen LogP contribution in [-0.2, 0) is 11.2 Å². The zero-order chi connectivity index (χ0) is 21.5. The summed E-state index contributed by atoms with van der Waals surface area (Å²) in [4.78, 5) is 23.7. The summed E-state index contributed by atoms with van der Waals surface area (Å²) in [5.74, 6) is 0.184. The number of hydrogen-bond donors (Lipinski definition) is 1. The van der Waals surface area contributed by atoms with E-state index in [-0.39, 0.29) is 35.9 Å². The Hall–Kier alpha value is -1.49. The van der Waals surface area contributed by atoms with E-state index in [4.69, 9.17) is 0 Å². The number of amides is 1. The van der Waals surface area contributed by atoms with Gasteiger partial charge in [0.05, 0.1) is 6.04 Å². The van der Waals surface area contributed by atoms with Crippen molar-refractivity contribution in [1.29, 1.82) is 0 Å². The summed E-state index contributed by atoms with van der Waals surface area (Å²) in [7, 11) is 0. The topological polar surface area (TPSA) is 51.2 Å². The summed E-state index contributed by atoms with van der Waals surface area (Å²) in [6.07, 6.45) is 2.56. The van der Waals surface area contributed by atoms with Crippen LogP contribution in [-0.4, -0.2) is 85.0 Å². The minimum atomic E-state index is -0.434. The number of rotatable bonds is 6. The molecule has 0 bridgehead atoms. The van der Waals surface area contributed by atoms with Crippen molar-refractivity contribution in [3.05, 3.63) is 35.4 Å². The number of guanidine groups is 1. The quantitative estimate of drug-likeness (QED) is 0.337. The Labute approximate surface area is 201 Å². The minimum Gasteiger partial charge on any atom is -0.357 e. The number of likely N-dealkylation sites (tertiary alicyclic amines) is 1. The number of halogens is 3. The maximum Gasteiger partial charge on any atom is 0.239 e. The van der Waals surface area contributed by atoms with Gasteiger partial charge in [-0.25, -0.2) is 8.78 Å². The van der Waals surface area contributed by atoms with Gasteiger partial charge >= 0.3 is 0 Å². The molecule has 2 heterocycles. The molecule has 1 unspecified atom stereocenters. The molecule has 0 spiro atoms. The SMILES string of the molecule is CCNC(=NCCc1cc(F)ccc1F)N1CCN(C(C)C(=O)N2CCCC2)CC1.I. The van der Waals surface area contributed by atoms with E-state index >= 15 is 0 Å². The third-order valence-electron chi connectivity index (χ3n) is 5.92. The van der Waals surface area contributed by atoms with E-state index in [0.717, 1.165) is 76.7 Å². The van der Waals surface area contributed by atoms with Gasteiger partial charge in [-0.2, -0.15) is 0 Å². The molecule has 6 nitrogen and oxygen atoms in total. The van der Waals surface area contributed by atoms with E-state index < -0.39 is 11.6 Å².